The third kappa shape index (κ3) is 3.65. The van der Waals surface area contributed by atoms with Crippen molar-refractivity contribution < 1.29 is 18.7 Å². The predicted octanol–water partition coefficient (Wildman–Crippen LogP) is 5.99. The molecule has 30 heavy (non-hydrogen) atoms. The standard InChI is InChI=1S/C23H14Cl2O5/c1-28-22-18(25)10-9-17(24)20(22)23(27)30-14-7-8-15-19(11-14)29-12-16(21(15)26)13-5-3-2-4-6-13/h2-12H,1H3. The molecule has 1 heterocycles. The molecule has 0 saturated carbocycles. The highest BCUT2D eigenvalue weighted by atomic mass is 35.5. The number of carbonyl (C=O) groups excluding carboxylic acids is 1. The first-order valence-electron chi connectivity index (χ1n) is 8.84. The summed E-state index contributed by atoms with van der Waals surface area (Å²) in [5, 5.41) is 0.738. The Labute approximate surface area is 181 Å². The predicted molar refractivity (Wildman–Crippen MR) is 116 cm³/mol. The molecule has 1 aromatic heterocycles. The Kier molecular flexibility index (Phi) is 5.48. The number of esters is 1. The molecule has 0 bridgehead atoms. The summed E-state index contributed by atoms with van der Waals surface area (Å²) in [6, 6.07) is 16.7. The monoisotopic (exact) mass is 440 g/mol. The number of hydrogen-bond acceptors (Lipinski definition) is 5. The van der Waals surface area contributed by atoms with Crippen molar-refractivity contribution in [2.75, 3.05) is 7.11 Å². The van der Waals surface area contributed by atoms with Gasteiger partial charge in [0.2, 0.25) is 0 Å². The highest BCUT2D eigenvalue weighted by molar-refractivity contribution is 6.37. The minimum Gasteiger partial charge on any atom is -0.494 e. The summed E-state index contributed by atoms with van der Waals surface area (Å²) in [6.07, 6.45) is 1.39. The lowest BCUT2D eigenvalue weighted by Crippen LogP contribution is -2.11. The number of rotatable bonds is 4. The molecule has 0 aliphatic carbocycles. The molecule has 5 nitrogen and oxygen atoms in total. The Morgan fingerprint density at radius 3 is 2.43 bits per heavy atom. The maximum Gasteiger partial charge on any atom is 0.348 e. The molecule has 0 saturated heterocycles. The maximum absolute atomic E-state index is 12.8. The van der Waals surface area contributed by atoms with E-state index < -0.39 is 5.97 Å². The molecule has 0 amide bonds. The van der Waals surface area contributed by atoms with Crippen LogP contribution in [0.15, 0.2) is 76.1 Å². The highest BCUT2D eigenvalue weighted by Crippen LogP contribution is 2.35. The van der Waals surface area contributed by atoms with Gasteiger partial charge in [0, 0.05) is 6.07 Å². The number of benzene rings is 3. The minimum absolute atomic E-state index is 0.00708. The van der Waals surface area contributed by atoms with Crippen LogP contribution in [0.2, 0.25) is 10.0 Å². The Hall–Kier alpha value is -3.28. The average molecular weight is 441 g/mol. The fourth-order valence-electron chi connectivity index (χ4n) is 3.07. The summed E-state index contributed by atoms with van der Waals surface area (Å²) in [5.41, 5.74) is 1.32. The lowest BCUT2D eigenvalue weighted by molar-refractivity contribution is 0.0731. The third-order valence-electron chi connectivity index (χ3n) is 4.51. The van der Waals surface area contributed by atoms with E-state index in [1.807, 2.05) is 30.3 Å². The van der Waals surface area contributed by atoms with E-state index in [-0.39, 0.29) is 38.1 Å². The number of hydrogen-bond donors (Lipinski definition) is 0. The van der Waals surface area contributed by atoms with Crippen LogP contribution in [0.1, 0.15) is 10.4 Å². The van der Waals surface area contributed by atoms with Crippen LogP contribution in [0.5, 0.6) is 11.5 Å². The van der Waals surface area contributed by atoms with E-state index in [9.17, 15) is 9.59 Å². The van der Waals surface area contributed by atoms with Crippen molar-refractivity contribution in [3.8, 4) is 22.6 Å². The van der Waals surface area contributed by atoms with Crippen molar-refractivity contribution in [3.63, 3.8) is 0 Å². The Bertz CT molecular complexity index is 1310. The second-order valence-electron chi connectivity index (χ2n) is 6.33. The molecule has 0 N–H and O–H groups in total. The molecule has 150 valence electrons. The van der Waals surface area contributed by atoms with Crippen molar-refractivity contribution in [2.24, 2.45) is 0 Å². The van der Waals surface area contributed by atoms with E-state index in [1.165, 1.54) is 37.6 Å². The molecule has 0 fully saturated rings. The number of carbonyl (C=O) groups is 1. The molecule has 3 aromatic carbocycles. The summed E-state index contributed by atoms with van der Waals surface area (Å²) in [7, 11) is 1.38. The van der Waals surface area contributed by atoms with Crippen LogP contribution in [0.3, 0.4) is 0 Å². The van der Waals surface area contributed by atoms with E-state index >= 15 is 0 Å². The van der Waals surface area contributed by atoms with Crippen molar-refractivity contribution in [1.82, 2.24) is 0 Å². The van der Waals surface area contributed by atoms with E-state index in [2.05, 4.69) is 0 Å². The van der Waals surface area contributed by atoms with Crippen molar-refractivity contribution in [1.29, 1.82) is 0 Å². The van der Waals surface area contributed by atoms with Crippen molar-refractivity contribution >= 4 is 40.1 Å². The van der Waals surface area contributed by atoms with Crippen LogP contribution in [0.4, 0.5) is 0 Å². The fraction of sp³-hybridized carbons (Fsp3) is 0.0435. The van der Waals surface area contributed by atoms with Gasteiger partial charge in [0.1, 0.15) is 23.2 Å². The highest BCUT2D eigenvalue weighted by Gasteiger charge is 2.22. The lowest BCUT2D eigenvalue weighted by Gasteiger charge is -2.12. The summed E-state index contributed by atoms with van der Waals surface area (Å²) >= 11 is 12.2. The molecule has 0 atom stereocenters. The van der Waals surface area contributed by atoms with Gasteiger partial charge in [-0.25, -0.2) is 4.79 Å². The van der Waals surface area contributed by atoms with E-state index in [0.29, 0.717) is 10.9 Å². The first-order valence-corrected chi connectivity index (χ1v) is 9.60. The van der Waals surface area contributed by atoms with Gasteiger partial charge in [-0.2, -0.15) is 0 Å². The van der Waals surface area contributed by atoms with Crippen LogP contribution in [0.25, 0.3) is 22.1 Å². The molecule has 0 radical (unpaired) electrons. The van der Waals surface area contributed by atoms with Gasteiger partial charge in [-0.15, -0.1) is 0 Å². The van der Waals surface area contributed by atoms with Gasteiger partial charge < -0.3 is 13.9 Å². The second-order valence-corrected chi connectivity index (χ2v) is 7.14. The maximum atomic E-state index is 12.8. The number of methoxy groups -OCH3 is 1. The Balaban J connectivity index is 1.70. The van der Waals surface area contributed by atoms with E-state index in [1.54, 1.807) is 6.07 Å². The summed E-state index contributed by atoms with van der Waals surface area (Å²) in [5.74, 6) is -0.447. The number of fused-ring (bicyclic) bond motifs is 1. The van der Waals surface area contributed by atoms with Crippen LogP contribution in [-0.2, 0) is 0 Å². The molecular formula is C23H14Cl2O5. The van der Waals surface area contributed by atoms with Gasteiger partial charge in [0.15, 0.2) is 11.2 Å². The minimum atomic E-state index is -0.748. The molecule has 0 unspecified atom stereocenters. The van der Waals surface area contributed by atoms with E-state index in [0.717, 1.165) is 5.56 Å². The molecule has 7 heteroatoms. The van der Waals surface area contributed by atoms with Crippen LogP contribution in [0, 0.1) is 0 Å². The summed E-state index contributed by atoms with van der Waals surface area (Å²) < 4.78 is 16.2. The SMILES string of the molecule is COc1c(Cl)ccc(Cl)c1C(=O)Oc1ccc2c(=O)c(-c3ccccc3)coc2c1. The van der Waals surface area contributed by atoms with Gasteiger partial charge in [0.05, 0.1) is 28.1 Å². The first kappa shape index (κ1) is 20.0. The van der Waals surface area contributed by atoms with E-state index in [4.69, 9.17) is 37.1 Å². The molecule has 0 spiro atoms. The second kappa shape index (κ2) is 8.22. The smallest absolute Gasteiger partial charge is 0.348 e. The molecule has 0 aliphatic rings. The van der Waals surface area contributed by atoms with Gasteiger partial charge in [-0.3, -0.25) is 4.79 Å². The zero-order valence-corrected chi connectivity index (χ0v) is 17.2. The molecule has 4 aromatic rings. The Morgan fingerprint density at radius 1 is 0.967 bits per heavy atom. The third-order valence-corrected chi connectivity index (χ3v) is 5.12. The summed E-state index contributed by atoms with van der Waals surface area (Å²) in [6.45, 7) is 0. The van der Waals surface area contributed by atoms with Gasteiger partial charge >= 0.3 is 5.97 Å². The fourth-order valence-corrected chi connectivity index (χ4v) is 3.53. The molecule has 4 rings (SSSR count). The molecule has 0 aliphatic heterocycles. The Morgan fingerprint density at radius 2 is 1.70 bits per heavy atom. The zero-order valence-electron chi connectivity index (χ0n) is 15.6. The van der Waals surface area contributed by atoms with Crippen molar-refractivity contribution in [2.45, 2.75) is 0 Å². The van der Waals surface area contributed by atoms with Gasteiger partial charge in [0.25, 0.3) is 0 Å². The largest absolute Gasteiger partial charge is 0.494 e. The zero-order chi connectivity index (χ0) is 21.3. The van der Waals surface area contributed by atoms with Crippen LogP contribution < -0.4 is 14.9 Å². The van der Waals surface area contributed by atoms with Crippen molar-refractivity contribution in [3.05, 3.63) is 92.8 Å². The number of halogens is 2. The normalized spacial score (nSPS) is 10.8. The van der Waals surface area contributed by atoms with Crippen LogP contribution >= 0.6 is 23.2 Å². The molecular weight excluding hydrogens is 427 g/mol. The summed E-state index contributed by atoms with van der Waals surface area (Å²) in [4.78, 5) is 25.5. The lowest BCUT2D eigenvalue weighted by atomic mass is 10.1. The van der Waals surface area contributed by atoms with Crippen LogP contribution in [-0.4, -0.2) is 13.1 Å². The first-order chi connectivity index (χ1) is 14.5. The topological polar surface area (TPSA) is 65.7 Å². The number of ether oxygens (including phenoxy) is 2. The van der Waals surface area contributed by atoms with Gasteiger partial charge in [-0.1, -0.05) is 53.5 Å². The average Bonchev–Trinajstić information content (AvgIpc) is 2.75. The quantitative estimate of drug-likeness (QED) is 0.287. The van der Waals surface area contributed by atoms with Gasteiger partial charge in [-0.05, 0) is 29.8 Å².